The summed E-state index contributed by atoms with van der Waals surface area (Å²) in [6.07, 6.45) is -2.01. The fourth-order valence-electron chi connectivity index (χ4n) is 5.00. The minimum Gasteiger partial charge on any atom is -0.406 e. The van der Waals surface area contributed by atoms with Gasteiger partial charge in [0.25, 0.3) is 5.91 Å². The lowest BCUT2D eigenvalue weighted by Crippen LogP contribution is -2.47. The minimum atomic E-state index is -4.85. The largest absolute Gasteiger partial charge is 0.573 e. The van der Waals surface area contributed by atoms with Crippen LogP contribution in [0.2, 0.25) is 0 Å². The van der Waals surface area contributed by atoms with E-state index in [1.54, 1.807) is 0 Å². The summed E-state index contributed by atoms with van der Waals surface area (Å²) in [5.74, 6) is -0.658. The molecule has 9 nitrogen and oxygen atoms in total. The number of hydrogen-bond donors (Lipinski definition) is 2. The Morgan fingerprint density at radius 1 is 1.17 bits per heavy atom. The fraction of sp³-hybridized carbons (Fsp3) is 0.542. The molecule has 2 amide bonds. The van der Waals surface area contributed by atoms with E-state index < -0.39 is 18.0 Å². The topological polar surface area (TPSA) is 99.9 Å². The SMILES string of the molecule is Cc1noc(C)c1N1CCC(N2CCC(NC(=O)CNC(=O)c3cccc(OC(F)(F)F)c3)C2)CC1. The molecule has 0 spiro atoms. The van der Waals surface area contributed by atoms with E-state index in [1.807, 2.05) is 13.8 Å². The summed E-state index contributed by atoms with van der Waals surface area (Å²) in [6, 6.07) is 5.13. The predicted octanol–water partition coefficient (Wildman–Crippen LogP) is 2.78. The van der Waals surface area contributed by atoms with Gasteiger partial charge in [-0.2, -0.15) is 0 Å². The molecule has 1 aromatic heterocycles. The number of carbonyl (C=O) groups excluding carboxylic acids is 2. The smallest absolute Gasteiger partial charge is 0.406 e. The number of likely N-dealkylation sites (tertiary alicyclic amines) is 1. The van der Waals surface area contributed by atoms with Gasteiger partial charge in [-0.3, -0.25) is 14.5 Å². The second-order valence-corrected chi connectivity index (χ2v) is 9.20. The molecule has 1 atom stereocenters. The van der Waals surface area contributed by atoms with Gasteiger partial charge in [0.05, 0.1) is 6.54 Å². The third-order valence-corrected chi connectivity index (χ3v) is 6.62. The number of aryl methyl sites for hydroxylation is 2. The Morgan fingerprint density at radius 2 is 1.92 bits per heavy atom. The zero-order valence-electron chi connectivity index (χ0n) is 20.2. The van der Waals surface area contributed by atoms with Gasteiger partial charge in [-0.1, -0.05) is 11.2 Å². The molecular weight excluding hydrogens is 479 g/mol. The van der Waals surface area contributed by atoms with Crippen molar-refractivity contribution < 1.29 is 32.0 Å². The monoisotopic (exact) mass is 509 g/mol. The summed E-state index contributed by atoms with van der Waals surface area (Å²) in [6.45, 7) is 7.08. The molecule has 12 heteroatoms. The Morgan fingerprint density at radius 3 is 2.58 bits per heavy atom. The van der Waals surface area contributed by atoms with Crippen LogP contribution in [0.25, 0.3) is 0 Å². The maximum atomic E-state index is 12.4. The van der Waals surface area contributed by atoms with Crippen LogP contribution in [-0.2, 0) is 4.79 Å². The second-order valence-electron chi connectivity index (χ2n) is 9.20. The molecule has 2 N–H and O–H groups in total. The number of piperidine rings is 1. The van der Waals surface area contributed by atoms with Crippen molar-refractivity contribution in [3.63, 3.8) is 0 Å². The van der Waals surface area contributed by atoms with Crippen LogP contribution in [0.1, 0.15) is 41.1 Å². The van der Waals surface area contributed by atoms with Crippen LogP contribution in [0.15, 0.2) is 28.8 Å². The van der Waals surface area contributed by atoms with Crippen molar-refractivity contribution in [2.45, 2.75) is 51.6 Å². The lowest BCUT2D eigenvalue weighted by Gasteiger charge is -2.37. The van der Waals surface area contributed by atoms with Crippen molar-refractivity contribution in [2.75, 3.05) is 37.6 Å². The van der Waals surface area contributed by atoms with Crippen LogP contribution < -0.4 is 20.3 Å². The van der Waals surface area contributed by atoms with Gasteiger partial charge >= 0.3 is 6.36 Å². The Balaban J connectivity index is 1.19. The molecule has 1 unspecified atom stereocenters. The average Bonchev–Trinajstić information content (AvgIpc) is 3.42. The van der Waals surface area contributed by atoms with Gasteiger partial charge in [0.2, 0.25) is 5.91 Å². The first-order valence-corrected chi connectivity index (χ1v) is 11.9. The zero-order valence-corrected chi connectivity index (χ0v) is 20.2. The van der Waals surface area contributed by atoms with Crippen molar-refractivity contribution in [1.82, 2.24) is 20.7 Å². The van der Waals surface area contributed by atoms with Crippen LogP contribution in [0.3, 0.4) is 0 Å². The van der Waals surface area contributed by atoms with E-state index in [0.29, 0.717) is 6.04 Å². The van der Waals surface area contributed by atoms with Crippen LogP contribution in [-0.4, -0.2) is 73.0 Å². The van der Waals surface area contributed by atoms with Gasteiger partial charge in [-0.05, 0) is 51.3 Å². The Kier molecular flexibility index (Phi) is 7.72. The fourth-order valence-corrected chi connectivity index (χ4v) is 5.00. The molecule has 3 heterocycles. The molecule has 0 saturated carbocycles. The van der Waals surface area contributed by atoms with Crippen molar-refractivity contribution in [1.29, 1.82) is 0 Å². The van der Waals surface area contributed by atoms with E-state index in [0.717, 1.165) is 74.7 Å². The van der Waals surface area contributed by atoms with Crippen LogP contribution >= 0.6 is 0 Å². The molecule has 2 aromatic rings. The van der Waals surface area contributed by atoms with E-state index >= 15 is 0 Å². The summed E-state index contributed by atoms with van der Waals surface area (Å²) in [5.41, 5.74) is 1.96. The Hall–Kier alpha value is -3.28. The highest BCUT2D eigenvalue weighted by atomic mass is 19.4. The average molecular weight is 510 g/mol. The van der Waals surface area contributed by atoms with Gasteiger partial charge in [0.15, 0.2) is 5.76 Å². The van der Waals surface area contributed by atoms with Crippen LogP contribution in [0.5, 0.6) is 5.75 Å². The van der Waals surface area contributed by atoms with Gasteiger partial charge < -0.3 is 24.8 Å². The molecule has 2 fully saturated rings. The van der Waals surface area contributed by atoms with Crippen LogP contribution in [0, 0.1) is 13.8 Å². The molecule has 36 heavy (non-hydrogen) atoms. The minimum absolute atomic E-state index is 0.0153. The maximum absolute atomic E-state index is 12.4. The number of carbonyl (C=O) groups is 2. The first-order chi connectivity index (χ1) is 17.1. The highest BCUT2D eigenvalue weighted by molar-refractivity contribution is 5.96. The number of halogens is 3. The number of alkyl halides is 3. The number of hydrogen-bond acceptors (Lipinski definition) is 7. The molecule has 0 radical (unpaired) electrons. The van der Waals surface area contributed by atoms with Gasteiger partial charge in [0, 0.05) is 43.8 Å². The van der Waals surface area contributed by atoms with Crippen molar-refractivity contribution in [3.05, 3.63) is 41.3 Å². The Labute approximate surface area is 206 Å². The molecule has 2 aliphatic heterocycles. The lowest BCUT2D eigenvalue weighted by atomic mass is 10.0. The highest BCUT2D eigenvalue weighted by Gasteiger charge is 2.33. The standard InChI is InChI=1S/C24H30F3N5O4/c1-15-22(16(2)36-30-15)31-10-7-19(8-11-31)32-9-6-18(14-32)29-21(33)13-28-23(34)17-4-3-5-20(12-17)35-24(25,26)27/h3-5,12,18-19H,6-11,13-14H2,1-2H3,(H,28,34)(H,29,33). The molecule has 0 aliphatic carbocycles. The number of rotatable bonds is 7. The van der Waals surface area contributed by atoms with E-state index in [-0.39, 0.29) is 24.1 Å². The quantitative estimate of drug-likeness (QED) is 0.592. The lowest BCUT2D eigenvalue weighted by molar-refractivity contribution is -0.274. The second kappa shape index (κ2) is 10.8. The number of benzene rings is 1. The summed E-state index contributed by atoms with van der Waals surface area (Å²) in [7, 11) is 0. The number of ether oxygens (including phenoxy) is 1. The summed E-state index contributed by atoms with van der Waals surface area (Å²) in [5, 5.41) is 9.43. The van der Waals surface area contributed by atoms with E-state index in [2.05, 4.69) is 30.3 Å². The van der Waals surface area contributed by atoms with Gasteiger partial charge in [0.1, 0.15) is 17.1 Å². The summed E-state index contributed by atoms with van der Waals surface area (Å²) >= 11 is 0. The predicted molar refractivity (Wildman–Crippen MR) is 125 cm³/mol. The molecule has 4 rings (SSSR count). The molecule has 0 bridgehead atoms. The van der Waals surface area contributed by atoms with Crippen molar-refractivity contribution in [2.24, 2.45) is 0 Å². The molecule has 196 valence electrons. The molecule has 2 aliphatic rings. The number of nitrogens with zero attached hydrogens (tertiary/aromatic N) is 3. The molecular formula is C24H30F3N5O4. The third kappa shape index (κ3) is 6.48. The third-order valence-electron chi connectivity index (χ3n) is 6.62. The molecule has 2 saturated heterocycles. The molecule has 1 aromatic carbocycles. The summed E-state index contributed by atoms with van der Waals surface area (Å²) in [4.78, 5) is 29.4. The summed E-state index contributed by atoms with van der Waals surface area (Å²) < 4.78 is 46.3. The zero-order chi connectivity index (χ0) is 25.9. The Bertz CT molecular complexity index is 1060. The van der Waals surface area contributed by atoms with E-state index in [4.69, 9.17) is 4.52 Å². The number of amides is 2. The van der Waals surface area contributed by atoms with Crippen molar-refractivity contribution >= 4 is 17.5 Å². The number of aromatic nitrogens is 1. The van der Waals surface area contributed by atoms with E-state index in [1.165, 1.54) is 12.1 Å². The van der Waals surface area contributed by atoms with Crippen molar-refractivity contribution in [3.8, 4) is 5.75 Å². The first kappa shape index (κ1) is 25.8. The normalized spacial score (nSPS) is 19.4. The first-order valence-electron chi connectivity index (χ1n) is 11.9. The maximum Gasteiger partial charge on any atom is 0.573 e. The van der Waals surface area contributed by atoms with E-state index in [9.17, 15) is 22.8 Å². The number of nitrogens with one attached hydrogen (secondary N) is 2. The van der Waals surface area contributed by atoms with Gasteiger partial charge in [-0.25, -0.2) is 0 Å². The number of anilines is 1. The van der Waals surface area contributed by atoms with Crippen LogP contribution in [0.4, 0.5) is 18.9 Å². The highest BCUT2D eigenvalue weighted by Crippen LogP contribution is 2.29. The van der Waals surface area contributed by atoms with Gasteiger partial charge in [-0.15, -0.1) is 13.2 Å².